The molecular weight excluding hydrogens is 347 g/mol. The maximum absolute atomic E-state index is 12.1. The first kappa shape index (κ1) is 14.3. The zero-order valence-corrected chi connectivity index (χ0v) is 12.8. The van der Waals surface area contributed by atoms with E-state index in [9.17, 15) is 4.79 Å². The SMILES string of the molecule is O=C(C(Br)=Cc1ccc(Cl)cc1)c1ccc(Cl)cc1. The van der Waals surface area contributed by atoms with Crippen molar-refractivity contribution < 1.29 is 4.79 Å². The normalized spacial score (nSPS) is 11.4. The largest absolute Gasteiger partial charge is 0.288 e. The second-order valence-corrected chi connectivity index (χ2v) is 5.61. The molecule has 19 heavy (non-hydrogen) atoms. The molecule has 0 spiro atoms. The molecule has 0 heterocycles. The summed E-state index contributed by atoms with van der Waals surface area (Å²) in [6.07, 6.45) is 1.76. The third-order valence-electron chi connectivity index (χ3n) is 2.49. The first-order valence-corrected chi connectivity index (χ1v) is 7.04. The molecule has 1 nitrogen and oxygen atoms in total. The van der Waals surface area contributed by atoms with E-state index in [2.05, 4.69) is 15.9 Å². The molecule has 4 heteroatoms. The summed E-state index contributed by atoms with van der Waals surface area (Å²) in [5.41, 5.74) is 1.49. The third-order valence-corrected chi connectivity index (χ3v) is 3.58. The highest BCUT2D eigenvalue weighted by atomic mass is 79.9. The van der Waals surface area contributed by atoms with Gasteiger partial charge in [0.05, 0.1) is 4.48 Å². The lowest BCUT2D eigenvalue weighted by atomic mass is 10.1. The minimum absolute atomic E-state index is 0.0911. The van der Waals surface area contributed by atoms with Crippen LogP contribution in [0.15, 0.2) is 53.0 Å². The highest BCUT2D eigenvalue weighted by molar-refractivity contribution is 9.12. The fraction of sp³-hybridized carbons (Fsp3) is 0. The Morgan fingerprint density at radius 2 is 1.37 bits per heavy atom. The van der Waals surface area contributed by atoms with Crippen LogP contribution >= 0.6 is 39.1 Å². The van der Waals surface area contributed by atoms with Gasteiger partial charge in [-0.05, 0) is 64.0 Å². The molecule has 0 saturated carbocycles. The number of hydrogen-bond donors (Lipinski definition) is 0. The maximum atomic E-state index is 12.1. The Morgan fingerprint density at radius 1 is 0.895 bits per heavy atom. The molecule has 0 radical (unpaired) electrons. The van der Waals surface area contributed by atoms with Crippen molar-refractivity contribution in [3.05, 3.63) is 74.2 Å². The van der Waals surface area contributed by atoms with Crippen LogP contribution in [-0.4, -0.2) is 5.78 Å². The smallest absolute Gasteiger partial charge is 0.199 e. The zero-order valence-electron chi connectivity index (χ0n) is 9.74. The van der Waals surface area contributed by atoms with E-state index in [4.69, 9.17) is 23.2 Å². The van der Waals surface area contributed by atoms with Gasteiger partial charge in [0.2, 0.25) is 0 Å². The monoisotopic (exact) mass is 354 g/mol. The third kappa shape index (κ3) is 3.93. The molecule has 0 N–H and O–H groups in total. The summed E-state index contributed by atoms with van der Waals surface area (Å²) in [6, 6.07) is 14.0. The number of carbonyl (C=O) groups is 1. The van der Waals surface area contributed by atoms with Crippen LogP contribution in [-0.2, 0) is 0 Å². The van der Waals surface area contributed by atoms with Crippen LogP contribution in [0.25, 0.3) is 6.08 Å². The van der Waals surface area contributed by atoms with Crippen LogP contribution in [0.2, 0.25) is 10.0 Å². The standard InChI is InChI=1S/C15H9BrCl2O/c16-14(9-10-1-5-12(17)6-2-10)15(19)11-3-7-13(18)8-4-11/h1-9H. The van der Waals surface area contributed by atoms with Crippen LogP contribution in [0.5, 0.6) is 0 Å². The first-order valence-electron chi connectivity index (χ1n) is 5.49. The molecule has 0 saturated heterocycles. The molecule has 0 aromatic heterocycles. The van der Waals surface area contributed by atoms with Crippen molar-refractivity contribution in [2.45, 2.75) is 0 Å². The van der Waals surface area contributed by atoms with Gasteiger partial charge in [-0.3, -0.25) is 4.79 Å². The lowest BCUT2D eigenvalue weighted by molar-refractivity contribution is 0.104. The lowest BCUT2D eigenvalue weighted by Crippen LogP contribution is -1.97. The summed E-state index contributed by atoms with van der Waals surface area (Å²) in [5, 5.41) is 1.27. The van der Waals surface area contributed by atoms with E-state index in [-0.39, 0.29) is 5.78 Å². The van der Waals surface area contributed by atoms with Gasteiger partial charge < -0.3 is 0 Å². The lowest BCUT2D eigenvalue weighted by Gasteiger charge is -2.01. The Hall–Kier alpha value is -1.09. The minimum Gasteiger partial charge on any atom is -0.288 e. The summed E-state index contributed by atoms with van der Waals surface area (Å²) in [7, 11) is 0. The van der Waals surface area contributed by atoms with Crippen molar-refractivity contribution in [3.63, 3.8) is 0 Å². The van der Waals surface area contributed by atoms with Gasteiger partial charge in [0.25, 0.3) is 0 Å². The number of halogens is 3. The molecule has 2 aromatic carbocycles. The summed E-state index contributed by atoms with van der Waals surface area (Å²) in [6.45, 7) is 0. The van der Waals surface area contributed by atoms with Gasteiger partial charge in [0, 0.05) is 15.6 Å². The molecule has 0 fully saturated rings. The quantitative estimate of drug-likeness (QED) is 0.516. The number of carbonyl (C=O) groups excluding carboxylic acids is 1. The van der Waals surface area contributed by atoms with E-state index in [0.717, 1.165) is 5.56 Å². The second kappa shape index (κ2) is 6.38. The molecule has 0 unspecified atom stereocenters. The highest BCUT2D eigenvalue weighted by Gasteiger charge is 2.09. The molecule has 0 aliphatic carbocycles. The number of Topliss-reactive ketones (excluding diaryl/α,β-unsaturated/α-hetero) is 1. The molecule has 96 valence electrons. The van der Waals surface area contributed by atoms with Crippen LogP contribution in [0.4, 0.5) is 0 Å². The van der Waals surface area contributed by atoms with Crippen molar-refractivity contribution in [3.8, 4) is 0 Å². The predicted molar refractivity (Wildman–Crippen MR) is 84.1 cm³/mol. The van der Waals surface area contributed by atoms with Crippen molar-refractivity contribution in [2.75, 3.05) is 0 Å². The fourth-order valence-electron chi connectivity index (χ4n) is 1.51. The second-order valence-electron chi connectivity index (χ2n) is 3.88. The molecule has 2 aromatic rings. The van der Waals surface area contributed by atoms with Crippen molar-refractivity contribution in [2.24, 2.45) is 0 Å². The number of ketones is 1. The van der Waals surface area contributed by atoms with Crippen LogP contribution in [0.3, 0.4) is 0 Å². The fourth-order valence-corrected chi connectivity index (χ4v) is 2.26. The zero-order chi connectivity index (χ0) is 13.8. The topological polar surface area (TPSA) is 17.1 Å². The Bertz CT molecular complexity index is 616. The molecule has 0 bridgehead atoms. The maximum Gasteiger partial charge on any atom is 0.199 e. The van der Waals surface area contributed by atoms with E-state index >= 15 is 0 Å². The van der Waals surface area contributed by atoms with E-state index in [0.29, 0.717) is 20.1 Å². The number of rotatable bonds is 3. The number of allylic oxidation sites excluding steroid dienone is 1. The van der Waals surface area contributed by atoms with Gasteiger partial charge in [-0.25, -0.2) is 0 Å². The predicted octanol–water partition coefficient (Wildman–Crippen LogP) is 5.61. The van der Waals surface area contributed by atoms with Gasteiger partial charge in [-0.2, -0.15) is 0 Å². The molecule has 0 atom stereocenters. The summed E-state index contributed by atoms with van der Waals surface area (Å²) >= 11 is 14.9. The minimum atomic E-state index is -0.0911. The summed E-state index contributed by atoms with van der Waals surface area (Å²) in [4.78, 5) is 12.1. The average molecular weight is 356 g/mol. The van der Waals surface area contributed by atoms with Gasteiger partial charge in [0.1, 0.15) is 0 Å². The first-order chi connectivity index (χ1) is 9.06. The van der Waals surface area contributed by atoms with Crippen molar-refractivity contribution in [1.82, 2.24) is 0 Å². The summed E-state index contributed by atoms with van der Waals surface area (Å²) in [5.74, 6) is -0.0911. The van der Waals surface area contributed by atoms with Crippen LogP contribution in [0, 0.1) is 0 Å². The highest BCUT2D eigenvalue weighted by Crippen LogP contribution is 2.20. The van der Waals surface area contributed by atoms with Gasteiger partial charge in [-0.1, -0.05) is 35.3 Å². The molecule has 2 rings (SSSR count). The Morgan fingerprint density at radius 3 is 1.89 bits per heavy atom. The van der Waals surface area contributed by atoms with E-state index in [1.807, 2.05) is 12.1 Å². The van der Waals surface area contributed by atoms with Crippen molar-refractivity contribution in [1.29, 1.82) is 0 Å². The van der Waals surface area contributed by atoms with E-state index in [1.54, 1.807) is 42.5 Å². The van der Waals surface area contributed by atoms with E-state index < -0.39 is 0 Å². The van der Waals surface area contributed by atoms with Gasteiger partial charge in [-0.15, -0.1) is 0 Å². The van der Waals surface area contributed by atoms with Gasteiger partial charge in [0.15, 0.2) is 5.78 Å². The van der Waals surface area contributed by atoms with Crippen LogP contribution in [0.1, 0.15) is 15.9 Å². The van der Waals surface area contributed by atoms with Crippen LogP contribution < -0.4 is 0 Å². The molecule has 0 amide bonds. The Labute approximate surface area is 130 Å². The summed E-state index contributed by atoms with van der Waals surface area (Å²) < 4.78 is 0.483. The van der Waals surface area contributed by atoms with Crippen molar-refractivity contribution >= 4 is 51.0 Å². The number of hydrogen-bond acceptors (Lipinski definition) is 1. The van der Waals surface area contributed by atoms with Gasteiger partial charge >= 0.3 is 0 Å². The van der Waals surface area contributed by atoms with E-state index in [1.165, 1.54) is 0 Å². The Kier molecular flexibility index (Phi) is 4.81. The molecule has 0 aliphatic rings. The Balaban J connectivity index is 2.23. The number of benzene rings is 2. The molecular formula is C15H9BrCl2O. The molecule has 0 aliphatic heterocycles. The average Bonchev–Trinajstić information content (AvgIpc) is 2.41.